The van der Waals surface area contributed by atoms with Gasteiger partial charge in [-0.05, 0) is 50.2 Å². The number of benzene rings is 4. The predicted molar refractivity (Wildman–Crippen MR) is 118 cm³/mol. The maximum atomic E-state index is 2.25. The van der Waals surface area contributed by atoms with Crippen molar-refractivity contribution in [2.75, 3.05) is 0 Å². The molecule has 0 nitrogen and oxygen atoms in total. The Morgan fingerprint density at radius 3 is 2.15 bits per heavy atom. The Labute approximate surface area is 159 Å². The molecule has 0 bridgehead atoms. The van der Waals surface area contributed by atoms with E-state index in [0.29, 0.717) is 0 Å². The lowest BCUT2D eigenvalue weighted by molar-refractivity contribution is 1.41. The number of allylic oxidation sites excluding steroid dienone is 6. The van der Waals surface area contributed by atoms with Gasteiger partial charge in [-0.25, -0.2) is 0 Å². The molecule has 4 aromatic rings. The fraction of sp³-hybridized carbons (Fsp3) is 0.0370. The number of fused-ring (bicyclic) bond motifs is 2. The minimum absolute atomic E-state index is 0.987. The van der Waals surface area contributed by atoms with Gasteiger partial charge in [-0.3, -0.25) is 0 Å². The molecule has 1 aliphatic rings. The van der Waals surface area contributed by atoms with E-state index in [1.165, 1.54) is 43.8 Å². The summed E-state index contributed by atoms with van der Waals surface area (Å²) in [6, 6.07) is 28.5. The first-order valence-electron chi connectivity index (χ1n) is 9.45. The first-order chi connectivity index (χ1) is 13.4. The van der Waals surface area contributed by atoms with Crippen LogP contribution in [0.2, 0.25) is 0 Å². The third-order valence-electron chi connectivity index (χ3n) is 5.28. The maximum absolute atomic E-state index is 2.25. The van der Waals surface area contributed by atoms with Gasteiger partial charge in [0, 0.05) is 0 Å². The van der Waals surface area contributed by atoms with Crippen molar-refractivity contribution in [2.45, 2.75) is 6.42 Å². The van der Waals surface area contributed by atoms with Gasteiger partial charge in [0.15, 0.2) is 0 Å². The minimum Gasteiger partial charge on any atom is -0.0807 e. The van der Waals surface area contributed by atoms with Crippen LogP contribution in [-0.4, -0.2) is 0 Å². The molecule has 0 fully saturated rings. The zero-order chi connectivity index (χ0) is 18.1. The van der Waals surface area contributed by atoms with Crippen LogP contribution in [0.25, 0.3) is 38.2 Å². The Morgan fingerprint density at radius 1 is 0.556 bits per heavy atom. The fourth-order valence-corrected chi connectivity index (χ4v) is 4.03. The number of rotatable bonds is 2. The molecule has 0 radical (unpaired) electrons. The van der Waals surface area contributed by atoms with E-state index in [9.17, 15) is 0 Å². The Kier molecular flexibility index (Phi) is 3.95. The monoisotopic (exact) mass is 344 g/mol. The molecule has 0 unspecified atom stereocenters. The standard InChI is InChI=1S/C27H20/c1-2-4-11-21(10-3-1)24-17-8-14-22-15-9-19-26(27(22)24)25-18-7-13-20-12-5-6-16-23(20)25/h1,3-19H,2H2. The van der Waals surface area contributed by atoms with E-state index >= 15 is 0 Å². The third kappa shape index (κ3) is 2.80. The smallest absolute Gasteiger partial charge is 0.00266 e. The summed E-state index contributed by atoms with van der Waals surface area (Å²) in [5, 5.41) is 5.18. The van der Waals surface area contributed by atoms with Crippen molar-refractivity contribution < 1.29 is 0 Å². The summed E-state index contributed by atoms with van der Waals surface area (Å²) in [5.41, 5.74) is 5.14. The first-order valence-corrected chi connectivity index (χ1v) is 9.45. The third-order valence-corrected chi connectivity index (χ3v) is 5.28. The molecule has 27 heavy (non-hydrogen) atoms. The van der Waals surface area contributed by atoms with Crippen LogP contribution in [0.3, 0.4) is 0 Å². The van der Waals surface area contributed by atoms with Crippen LogP contribution in [0.5, 0.6) is 0 Å². The molecule has 0 aromatic heterocycles. The summed E-state index contributed by atoms with van der Waals surface area (Å²) < 4.78 is 0. The van der Waals surface area contributed by atoms with Gasteiger partial charge in [0.1, 0.15) is 0 Å². The molecule has 0 aliphatic heterocycles. The molecule has 0 spiro atoms. The number of hydrogen-bond donors (Lipinski definition) is 0. The molecule has 0 saturated heterocycles. The van der Waals surface area contributed by atoms with Crippen LogP contribution >= 0.6 is 0 Å². The maximum Gasteiger partial charge on any atom is -0.00266 e. The van der Waals surface area contributed by atoms with Crippen molar-refractivity contribution in [1.82, 2.24) is 0 Å². The largest absolute Gasteiger partial charge is 0.0807 e. The van der Waals surface area contributed by atoms with Gasteiger partial charge in [-0.1, -0.05) is 109 Å². The van der Waals surface area contributed by atoms with E-state index in [1.807, 2.05) is 0 Å². The minimum atomic E-state index is 0.987. The topological polar surface area (TPSA) is 0 Å². The van der Waals surface area contributed by atoms with Crippen molar-refractivity contribution >= 4 is 27.1 Å². The van der Waals surface area contributed by atoms with Crippen LogP contribution in [-0.2, 0) is 0 Å². The van der Waals surface area contributed by atoms with E-state index < -0.39 is 0 Å². The van der Waals surface area contributed by atoms with Gasteiger partial charge in [0.05, 0.1) is 0 Å². The lowest BCUT2D eigenvalue weighted by atomic mass is 9.89. The first kappa shape index (κ1) is 15.8. The summed E-state index contributed by atoms with van der Waals surface area (Å²) in [6.45, 7) is 0. The van der Waals surface area contributed by atoms with Gasteiger partial charge in [-0.2, -0.15) is 0 Å². The highest BCUT2D eigenvalue weighted by molar-refractivity contribution is 6.10. The second-order valence-electron chi connectivity index (χ2n) is 6.92. The fourth-order valence-electron chi connectivity index (χ4n) is 4.03. The van der Waals surface area contributed by atoms with Crippen molar-refractivity contribution in [2.24, 2.45) is 0 Å². The van der Waals surface area contributed by atoms with Crippen LogP contribution in [0, 0.1) is 0 Å². The lowest BCUT2D eigenvalue weighted by Gasteiger charge is -2.14. The van der Waals surface area contributed by atoms with Crippen LogP contribution in [0.15, 0.2) is 109 Å². The quantitative estimate of drug-likeness (QED) is 0.352. The SMILES string of the molecule is C1=CCC=CC(c2cccc3cccc(-c4cccc5ccccc45)c23)=C1. The summed E-state index contributed by atoms with van der Waals surface area (Å²) in [5.74, 6) is 0. The van der Waals surface area contributed by atoms with Crippen molar-refractivity contribution in [3.63, 3.8) is 0 Å². The van der Waals surface area contributed by atoms with Crippen molar-refractivity contribution in [1.29, 1.82) is 0 Å². The highest BCUT2D eigenvalue weighted by Gasteiger charge is 2.12. The molecule has 0 atom stereocenters. The summed E-state index contributed by atoms with van der Waals surface area (Å²) in [4.78, 5) is 0. The molecule has 0 heteroatoms. The Morgan fingerprint density at radius 2 is 1.26 bits per heavy atom. The van der Waals surface area contributed by atoms with Crippen molar-refractivity contribution in [3.8, 4) is 11.1 Å². The molecule has 128 valence electrons. The van der Waals surface area contributed by atoms with Crippen LogP contribution < -0.4 is 0 Å². The summed E-state index contributed by atoms with van der Waals surface area (Å²) >= 11 is 0. The van der Waals surface area contributed by atoms with Gasteiger partial charge < -0.3 is 0 Å². The van der Waals surface area contributed by atoms with E-state index in [-0.39, 0.29) is 0 Å². The molecular formula is C27H20. The van der Waals surface area contributed by atoms with Crippen LogP contribution in [0.1, 0.15) is 12.0 Å². The Hall–Kier alpha value is -3.38. The molecule has 5 rings (SSSR count). The molecule has 1 aliphatic carbocycles. The van der Waals surface area contributed by atoms with Gasteiger partial charge >= 0.3 is 0 Å². The van der Waals surface area contributed by atoms with Gasteiger partial charge in [0.2, 0.25) is 0 Å². The molecule has 0 N–H and O–H groups in total. The van der Waals surface area contributed by atoms with E-state index in [0.717, 1.165) is 6.42 Å². The Bertz CT molecular complexity index is 1220. The number of hydrogen-bond acceptors (Lipinski definition) is 0. The van der Waals surface area contributed by atoms with Gasteiger partial charge in [-0.15, -0.1) is 0 Å². The molecule has 0 amide bonds. The average Bonchev–Trinajstić information content (AvgIpc) is 3.02. The summed E-state index contributed by atoms with van der Waals surface area (Å²) in [6.07, 6.45) is 12.0. The highest BCUT2D eigenvalue weighted by atomic mass is 14.2. The Balaban J connectivity index is 1.86. The van der Waals surface area contributed by atoms with E-state index in [4.69, 9.17) is 0 Å². The summed E-state index contributed by atoms with van der Waals surface area (Å²) in [7, 11) is 0. The highest BCUT2D eigenvalue weighted by Crippen LogP contribution is 2.38. The molecular weight excluding hydrogens is 324 g/mol. The zero-order valence-electron chi connectivity index (χ0n) is 15.1. The van der Waals surface area contributed by atoms with E-state index in [1.54, 1.807) is 0 Å². The molecule has 4 aromatic carbocycles. The predicted octanol–water partition coefficient (Wildman–Crippen LogP) is 7.56. The lowest BCUT2D eigenvalue weighted by Crippen LogP contribution is -1.89. The second-order valence-corrected chi connectivity index (χ2v) is 6.92. The zero-order valence-corrected chi connectivity index (χ0v) is 15.1. The normalized spacial score (nSPS) is 13.7. The second kappa shape index (κ2) is 6.74. The molecule has 0 saturated carbocycles. The average molecular weight is 344 g/mol. The van der Waals surface area contributed by atoms with Crippen molar-refractivity contribution in [3.05, 3.63) is 115 Å². The molecule has 0 heterocycles. The van der Waals surface area contributed by atoms with Crippen LogP contribution in [0.4, 0.5) is 0 Å². The van der Waals surface area contributed by atoms with E-state index in [2.05, 4.69) is 109 Å². The van der Waals surface area contributed by atoms with Gasteiger partial charge in [0.25, 0.3) is 0 Å².